The number of benzene rings is 1. The van der Waals surface area contributed by atoms with Crippen LogP contribution in [0.1, 0.15) is 19.4 Å². The summed E-state index contributed by atoms with van der Waals surface area (Å²) in [4.78, 5) is 17.9. The molecule has 1 amide bonds. The van der Waals surface area contributed by atoms with Crippen molar-refractivity contribution in [1.82, 2.24) is 15.5 Å². The fourth-order valence-corrected chi connectivity index (χ4v) is 1.95. The average molecular weight is 306 g/mol. The van der Waals surface area contributed by atoms with Crippen molar-refractivity contribution in [3.8, 4) is 5.75 Å². The standard InChI is InChI=1S/C16H26N4O2/c1-5-17-15(21)11-19-16(18-6-2)20(3)12-13-7-9-14(22-4)10-8-13/h7-10H,5-6,11-12H2,1-4H3,(H,17,21)(H,18,19). The van der Waals surface area contributed by atoms with Crippen LogP contribution in [0.4, 0.5) is 0 Å². The Morgan fingerprint density at radius 3 is 2.36 bits per heavy atom. The zero-order chi connectivity index (χ0) is 16.4. The number of carbonyl (C=O) groups is 1. The van der Waals surface area contributed by atoms with E-state index >= 15 is 0 Å². The molecule has 0 aliphatic heterocycles. The summed E-state index contributed by atoms with van der Waals surface area (Å²) in [5, 5.41) is 5.93. The molecule has 22 heavy (non-hydrogen) atoms. The summed E-state index contributed by atoms with van der Waals surface area (Å²) in [6.07, 6.45) is 0. The van der Waals surface area contributed by atoms with Crippen LogP contribution in [0.2, 0.25) is 0 Å². The predicted molar refractivity (Wildman–Crippen MR) is 89.1 cm³/mol. The molecule has 0 spiro atoms. The van der Waals surface area contributed by atoms with E-state index in [-0.39, 0.29) is 12.5 Å². The molecule has 122 valence electrons. The molecule has 1 aromatic rings. The normalized spacial score (nSPS) is 11.0. The van der Waals surface area contributed by atoms with Gasteiger partial charge in [0.25, 0.3) is 0 Å². The third kappa shape index (κ3) is 6.03. The molecule has 1 rings (SSSR count). The predicted octanol–water partition coefficient (Wildman–Crippen LogP) is 1.23. The summed E-state index contributed by atoms with van der Waals surface area (Å²) in [6.45, 7) is 6.09. The van der Waals surface area contributed by atoms with E-state index in [0.29, 0.717) is 19.0 Å². The van der Waals surface area contributed by atoms with Gasteiger partial charge in [-0.05, 0) is 31.5 Å². The third-order valence-corrected chi connectivity index (χ3v) is 3.02. The lowest BCUT2D eigenvalue weighted by Gasteiger charge is -2.22. The Kier molecular flexibility index (Phi) is 7.81. The molecule has 2 N–H and O–H groups in total. The molecule has 0 unspecified atom stereocenters. The van der Waals surface area contributed by atoms with Crippen molar-refractivity contribution in [3.05, 3.63) is 29.8 Å². The number of methoxy groups -OCH3 is 1. The van der Waals surface area contributed by atoms with E-state index in [9.17, 15) is 4.79 Å². The second kappa shape index (κ2) is 9.65. The van der Waals surface area contributed by atoms with E-state index in [1.807, 2.05) is 50.1 Å². The fourth-order valence-electron chi connectivity index (χ4n) is 1.95. The molecule has 6 nitrogen and oxygen atoms in total. The lowest BCUT2D eigenvalue weighted by Crippen LogP contribution is -2.39. The van der Waals surface area contributed by atoms with Crippen molar-refractivity contribution in [2.45, 2.75) is 20.4 Å². The number of nitrogens with zero attached hydrogens (tertiary/aromatic N) is 2. The average Bonchev–Trinajstić information content (AvgIpc) is 2.52. The van der Waals surface area contributed by atoms with Gasteiger partial charge in [-0.1, -0.05) is 12.1 Å². The van der Waals surface area contributed by atoms with Crippen LogP contribution >= 0.6 is 0 Å². The maximum Gasteiger partial charge on any atom is 0.241 e. The minimum absolute atomic E-state index is 0.0734. The molecule has 0 saturated carbocycles. The molecular weight excluding hydrogens is 280 g/mol. The van der Waals surface area contributed by atoms with Crippen molar-refractivity contribution in [2.75, 3.05) is 33.8 Å². The Hall–Kier alpha value is -2.24. The van der Waals surface area contributed by atoms with Gasteiger partial charge in [-0.3, -0.25) is 4.79 Å². The molecule has 0 radical (unpaired) electrons. The first-order valence-electron chi connectivity index (χ1n) is 7.49. The third-order valence-electron chi connectivity index (χ3n) is 3.02. The molecule has 0 atom stereocenters. The van der Waals surface area contributed by atoms with E-state index in [0.717, 1.165) is 17.9 Å². The van der Waals surface area contributed by atoms with Crippen LogP contribution in [0.15, 0.2) is 29.3 Å². The second-order valence-corrected chi connectivity index (χ2v) is 4.83. The van der Waals surface area contributed by atoms with Gasteiger partial charge in [0.05, 0.1) is 7.11 Å². The molecule has 0 aliphatic rings. The highest BCUT2D eigenvalue weighted by Gasteiger charge is 2.08. The number of nitrogens with one attached hydrogen (secondary N) is 2. The number of rotatable bonds is 7. The highest BCUT2D eigenvalue weighted by atomic mass is 16.5. The molecular formula is C16H26N4O2. The Balaban J connectivity index is 2.68. The number of guanidine groups is 1. The Bertz CT molecular complexity index is 485. The lowest BCUT2D eigenvalue weighted by molar-refractivity contribution is -0.119. The number of hydrogen-bond donors (Lipinski definition) is 2. The zero-order valence-corrected chi connectivity index (χ0v) is 13.8. The molecule has 0 bridgehead atoms. The topological polar surface area (TPSA) is 66.0 Å². The Labute approximate surface area is 132 Å². The maximum absolute atomic E-state index is 11.5. The van der Waals surface area contributed by atoms with Crippen LogP contribution in [0.25, 0.3) is 0 Å². The van der Waals surface area contributed by atoms with E-state index in [1.165, 1.54) is 0 Å². The molecule has 0 aliphatic carbocycles. The largest absolute Gasteiger partial charge is 0.497 e. The van der Waals surface area contributed by atoms with Crippen molar-refractivity contribution < 1.29 is 9.53 Å². The molecule has 6 heteroatoms. The summed E-state index contributed by atoms with van der Waals surface area (Å²) >= 11 is 0. The van der Waals surface area contributed by atoms with Gasteiger partial charge >= 0.3 is 0 Å². The second-order valence-electron chi connectivity index (χ2n) is 4.83. The van der Waals surface area contributed by atoms with Gasteiger partial charge in [0.1, 0.15) is 12.3 Å². The van der Waals surface area contributed by atoms with E-state index < -0.39 is 0 Å². The first-order valence-corrected chi connectivity index (χ1v) is 7.49. The summed E-state index contributed by atoms with van der Waals surface area (Å²) in [6, 6.07) is 7.90. The smallest absolute Gasteiger partial charge is 0.241 e. The maximum atomic E-state index is 11.5. The van der Waals surface area contributed by atoms with Crippen LogP contribution in [0.3, 0.4) is 0 Å². The van der Waals surface area contributed by atoms with Gasteiger partial charge in [-0.15, -0.1) is 0 Å². The fraction of sp³-hybridized carbons (Fsp3) is 0.500. The van der Waals surface area contributed by atoms with E-state index in [2.05, 4.69) is 15.6 Å². The number of amides is 1. The van der Waals surface area contributed by atoms with Gasteiger partial charge in [0.15, 0.2) is 5.96 Å². The van der Waals surface area contributed by atoms with Crippen LogP contribution in [0.5, 0.6) is 5.75 Å². The van der Waals surface area contributed by atoms with E-state index in [4.69, 9.17) is 4.74 Å². The summed E-state index contributed by atoms with van der Waals surface area (Å²) < 4.78 is 5.15. The van der Waals surface area contributed by atoms with Crippen LogP contribution in [0, 0.1) is 0 Å². The molecule has 0 fully saturated rings. The summed E-state index contributed by atoms with van der Waals surface area (Å²) in [5.41, 5.74) is 1.15. The summed E-state index contributed by atoms with van der Waals surface area (Å²) in [7, 11) is 3.60. The van der Waals surface area contributed by atoms with Crippen molar-refractivity contribution in [1.29, 1.82) is 0 Å². The molecule has 1 aromatic carbocycles. The monoisotopic (exact) mass is 306 g/mol. The minimum atomic E-state index is -0.0734. The van der Waals surface area contributed by atoms with Crippen LogP contribution in [-0.4, -0.2) is 50.6 Å². The number of aliphatic imine (C=N–C) groups is 1. The highest BCUT2D eigenvalue weighted by molar-refractivity contribution is 5.84. The van der Waals surface area contributed by atoms with Gasteiger partial charge in [-0.2, -0.15) is 0 Å². The highest BCUT2D eigenvalue weighted by Crippen LogP contribution is 2.12. The first-order chi connectivity index (χ1) is 10.6. The quantitative estimate of drug-likeness (QED) is 0.587. The minimum Gasteiger partial charge on any atom is -0.497 e. The van der Waals surface area contributed by atoms with Gasteiger partial charge in [0.2, 0.25) is 5.91 Å². The van der Waals surface area contributed by atoms with E-state index in [1.54, 1.807) is 7.11 Å². The number of hydrogen-bond acceptors (Lipinski definition) is 3. The van der Waals surface area contributed by atoms with Gasteiger partial charge < -0.3 is 20.3 Å². The summed E-state index contributed by atoms with van der Waals surface area (Å²) in [5.74, 6) is 1.48. The van der Waals surface area contributed by atoms with Crippen molar-refractivity contribution >= 4 is 11.9 Å². The number of likely N-dealkylation sites (N-methyl/N-ethyl adjacent to an activating group) is 1. The van der Waals surface area contributed by atoms with Gasteiger partial charge in [0, 0.05) is 26.7 Å². The number of ether oxygens (including phenoxy) is 1. The van der Waals surface area contributed by atoms with Crippen molar-refractivity contribution in [2.24, 2.45) is 4.99 Å². The Morgan fingerprint density at radius 1 is 1.18 bits per heavy atom. The molecule has 0 saturated heterocycles. The number of carbonyl (C=O) groups excluding carboxylic acids is 1. The molecule has 0 heterocycles. The lowest BCUT2D eigenvalue weighted by atomic mass is 10.2. The molecule has 0 aromatic heterocycles. The van der Waals surface area contributed by atoms with Crippen molar-refractivity contribution in [3.63, 3.8) is 0 Å². The zero-order valence-electron chi connectivity index (χ0n) is 13.8. The Morgan fingerprint density at radius 2 is 1.82 bits per heavy atom. The van der Waals surface area contributed by atoms with Gasteiger partial charge in [-0.25, -0.2) is 4.99 Å². The van der Waals surface area contributed by atoms with Crippen LogP contribution < -0.4 is 15.4 Å². The first kappa shape index (κ1) is 17.8. The van der Waals surface area contributed by atoms with Crippen LogP contribution in [-0.2, 0) is 11.3 Å². The SMILES string of the molecule is CCNC(=O)CN=C(NCC)N(C)Cc1ccc(OC)cc1.